The van der Waals surface area contributed by atoms with Gasteiger partial charge in [0.15, 0.2) is 0 Å². The van der Waals surface area contributed by atoms with Gasteiger partial charge in [-0.1, -0.05) is 0 Å². The summed E-state index contributed by atoms with van der Waals surface area (Å²) in [7, 11) is 2.49. The molecule has 7 nitrogen and oxygen atoms in total. The number of nitrogens with zero attached hydrogens (tertiary/aromatic N) is 2. The van der Waals surface area contributed by atoms with E-state index in [-0.39, 0.29) is 19.0 Å². The van der Waals surface area contributed by atoms with Gasteiger partial charge in [-0.15, -0.1) is 0 Å². The Morgan fingerprint density at radius 2 is 1.86 bits per heavy atom. The van der Waals surface area contributed by atoms with Crippen molar-refractivity contribution < 1.29 is 23.5 Å². The molecule has 0 unspecified atom stereocenters. The van der Waals surface area contributed by atoms with Crippen molar-refractivity contribution in [1.29, 1.82) is 0 Å². The van der Waals surface area contributed by atoms with Crippen LogP contribution in [0.15, 0.2) is 18.2 Å². The van der Waals surface area contributed by atoms with Gasteiger partial charge < -0.3 is 19.4 Å². The van der Waals surface area contributed by atoms with Crippen molar-refractivity contribution in [3.8, 4) is 0 Å². The average Bonchev–Trinajstić information content (AvgIpc) is 2.88. The maximum Gasteiger partial charge on any atom is 0.325 e. The van der Waals surface area contributed by atoms with E-state index >= 15 is 0 Å². The Labute approximate surface area is 119 Å². The maximum absolute atomic E-state index is 13.2. The fraction of sp³-hybridized carbons (Fsp3) is 0.308. The van der Waals surface area contributed by atoms with Gasteiger partial charge in [0, 0.05) is 0 Å². The van der Waals surface area contributed by atoms with Crippen LogP contribution < -0.4 is 4.90 Å². The SMILES string of the molecule is COC(=O)CN(CC(=O)OC)c1nc2ccc(F)cc2[nH]1. The third-order valence-electron chi connectivity index (χ3n) is 2.83. The third-order valence-corrected chi connectivity index (χ3v) is 2.83. The molecule has 0 saturated heterocycles. The monoisotopic (exact) mass is 295 g/mol. The Morgan fingerprint density at radius 3 is 2.43 bits per heavy atom. The second-order valence-electron chi connectivity index (χ2n) is 4.23. The molecule has 0 fully saturated rings. The smallest absolute Gasteiger partial charge is 0.325 e. The van der Waals surface area contributed by atoms with Gasteiger partial charge in [0.05, 0.1) is 25.3 Å². The molecule has 0 aliphatic carbocycles. The number of H-pyrrole nitrogens is 1. The van der Waals surface area contributed by atoms with Crippen LogP contribution in [0.5, 0.6) is 0 Å². The van der Waals surface area contributed by atoms with Crippen LogP contribution in [0, 0.1) is 5.82 Å². The quantitative estimate of drug-likeness (QED) is 0.823. The number of carbonyl (C=O) groups excluding carboxylic acids is 2. The zero-order chi connectivity index (χ0) is 15.4. The molecule has 0 amide bonds. The highest BCUT2D eigenvalue weighted by Gasteiger charge is 2.19. The largest absolute Gasteiger partial charge is 0.468 e. The Kier molecular flexibility index (Phi) is 4.36. The van der Waals surface area contributed by atoms with Gasteiger partial charge in [0.1, 0.15) is 18.9 Å². The number of rotatable bonds is 5. The molecule has 1 heterocycles. The molecule has 1 aromatic heterocycles. The number of methoxy groups -OCH3 is 2. The molecule has 21 heavy (non-hydrogen) atoms. The van der Waals surface area contributed by atoms with Gasteiger partial charge in [-0.2, -0.15) is 0 Å². The number of hydrogen-bond acceptors (Lipinski definition) is 6. The topological polar surface area (TPSA) is 84.5 Å². The summed E-state index contributed by atoms with van der Waals surface area (Å²) in [5, 5.41) is 0. The molecule has 8 heteroatoms. The summed E-state index contributed by atoms with van der Waals surface area (Å²) in [5.74, 6) is -1.23. The van der Waals surface area contributed by atoms with E-state index in [1.807, 2.05) is 0 Å². The van der Waals surface area contributed by atoms with Crippen molar-refractivity contribution in [3.63, 3.8) is 0 Å². The molecule has 0 aliphatic heterocycles. The van der Waals surface area contributed by atoms with Gasteiger partial charge in [-0.25, -0.2) is 9.37 Å². The molecular weight excluding hydrogens is 281 g/mol. The zero-order valence-corrected chi connectivity index (χ0v) is 11.6. The minimum atomic E-state index is -0.537. The van der Waals surface area contributed by atoms with Crippen LogP contribution in [0.25, 0.3) is 11.0 Å². The molecule has 0 spiro atoms. The zero-order valence-electron chi connectivity index (χ0n) is 11.6. The number of hydrogen-bond donors (Lipinski definition) is 1. The van der Waals surface area contributed by atoms with Crippen LogP contribution in [0.4, 0.5) is 10.3 Å². The number of aromatic nitrogens is 2. The second kappa shape index (κ2) is 6.21. The lowest BCUT2D eigenvalue weighted by atomic mass is 10.3. The summed E-state index contributed by atoms with van der Waals surface area (Å²) >= 11 is 0. The van der Waals surface area contributed by atoms with E-state index in [0.29, 0.717) is 11.0 Å². The number of carbonyl (C=O) groups is 2. The van der Waals surface area contributed by atoms with Gasteiger partial charge >= 0.3 is 11.9 Å². The normalized spacial score (nSPS) is 10.4. The molecule has 0 radical (unpaired) electrons. The van der Waals surface area contributed by atoms with Gasteiger partial charge in [-0.3, -0.25) is 9.59 Å². The number of aromatic amines is 1. The predicted octanol–water partition coefficient (Wildman–Crippen LogP) is 0.854. The fourth-order valence-electron chi connectivity index (χ4n) is 1.76. The Bertz CT molecular complexity index is 652. The molecule has 0 bridgehead atoms. The Balaban J connectivity index is 2.32. The highest BCUT2D eigenvalue weighted by atomic mass is 19.1. The molecule has 0 saturated carbocycles. The van der Waals surface area contributed by atoms with Crippen molar-refractivity contribution in [2.24, 2.45) is 0 Å². The van der Waals surface area contributed by atoms with E-state index < -0.39 is 17.8 Å². The Hall–Kier alpha value is -2.64. The molecule has 0 aliphatic rings. The molecule has 2 rings (SSSR count). The van der Waals surface area contributed by atoms with Crippen molar-refractivity contribution in [2.45, 2.75) is 0 Å². The number of fused-ring (bicyclic) bond motifs is 1. The van der Waals surface area contributed by atoms with Crippen LogP contribution in [-0.2, 0) is 19.1 Å². The lowest BCUT2D eigenvalue weighted by Gasteiger charge is -2.18. The Morgan fingerprint density at radius 1 is 1.24 bits per heavy atom. The number of imidazole rings is 1. The lowest BCUT2D eigenvalue weighted by Crippen LogP contribution is -2.36. The lowest BCUT2D eigenvalue weighted by molar-refractivity contribution is -0.140. The molecule has 0 atom stereocenters. The van der Waals surface area contributed by atoms with Crippen molar-refractivity contribution in [3.05, 3.63) is 24.0 Å². The molecule has 2 aromatic rings. The van der Waals surface area contributed by atoms with Crippen LogP contribution in [0.1, 0.15) is 0 Å². The second-order valence-corrected chi connectivity index (χ2v) is 4.23. The van der Waals surface area contributed by atoms with Gasteiger partial charge in [-0.05, 0) is 18.2 Å². The molecule has 1 N–H and O–H groups in total. The van der Waals surface area contributed by atoms with Crippen LogP contribution >= 0.6 is 0 Å². The minimum absolute atomic E-state index is 0.187. The predicted molar refractivity (Wildman–Crippen MR) is 72.3 cm³/mol. The molecule has 112 valence electrons. The maximum atomic E-state index is 13.2. The fourth-order valence-corrected chi connectivity index (χ4v) is 1.76. The summed E-state index contributed by atoms with van der Waals surface area (Å²) in [5.41, 5.74) is 0.982. The first kappa shape index (κ1) is 14.8. The van der Waals surface area contributed by atoms with Crippen LogP contribution in [-0.4, -0.2) is 49.2 Å². The summed E-state index contributed by atoms with van der Waals surface area (Å²) in [6.45, 7) is -0.373. The summed E-state index contributed by atoms with van der Waals surface area (Å²) < 4.78 is 22.3. The number of ether oxygens (including phenoxy) is 2. The van der Waals surface area contributed by atoms with Crippen LogP contribution in [0.3, 0.4) is 0 Å². The first-order valence-electron chi connectivity index (χ1n) is 6.07. The third kappa shape index (κ3) is 3.47. The van der Waals surface area contributed by atoms with E-state index in [1.165, 1.54) is 37.3 Å². The molecular formula is C13H14FN3O4. The highest BCUT2D eigenvalue weighted by molar-refractivity contribution is 5.83. The van der Waals surface area contributed by atoms with Gasteiger partial charge in [0.25, 0.3) is 0 Å². The number of esters is 2. The van der Waals surface area contributed by atoms with E-state index in [4.69, 9.17) is 0 Å². The van der Waals surface area contributed by atoms with E-state index in [0.717, 1.165) is 0 Å². The van der Waals surface area contributed by atoms with Gasteiger partial charge in [0.2, 0.25) is 5.95 Å². The first-order chi connectivity index (χ1) is 10.0. The minimum Gasteiger partial charge on any atom is -0.468 e. The van der Waals surface area contributed by atoms with Crippen molar-refractivity contribution in [2.75, 3.05) is 32.2 Å². The highest BCUT2D eigenvalue weighted by Crippen LogP contribution is 2.18. The standard InChI is InChI=1S/C13H14FN3O4/c1-20-11(18)6-17(7-12(19)21-2)13-15-9-4-3-8(14)5-10(9)16-13/h3-5H,6-7H2,1-2H3,(H,15,16). The summed E-state index contributed by atoms with van der Waals surface area (Å²) in [6.07, 6.45) is 0. The molecule has 1 aromatic carbocycles. The van der Waals surface area contributed by atoms with Crippen molar-refractivity contribution >= 4 is 28.9 Å². The average molecular weight is 295 g/mol. The summed E-state index contributed by atoms with van der Waals surface area (Å²) in [6, 6.07) is 4.05. The van der Waals surface area contributed by atoms with E-state index in [1.54, 1.807) is 0 Å². The van der Waals surface area contributed by atoms with Crippen LogP contribution in [0.2, 0.25) is 0 Å². The van der Waals surface area contributed by atoms with Crippen molar-refractivity contribution in [1.82, 2.24) is 9.97 Å². The van der Waals surface area contributed by atoms with E-state index in [2.05, 4.69) is 19.4 Å². The number of anilines is 1. The number of nitrogens with one attached hydrogen (secondary N) is 1. The number of halogens is 1. The first-order valence-corrected chi connectivity index (χ1v) is 6.07. The van der Waals surface area contributed by atoms with E-state index in [9.17, 15) is 14.0 Å². The number of benzene rings is 1. The summed E-state index contributed by atoms with van der Waals surface area (Å²) in [4.78, 5) is 31.3.